The van der Waals surface area contributed by atoms with E-state index in [9.17, 15) is 0 Å². The molecular formula is C19H26O2. The number of ether oxygens (including phenoxy) is 2. The van der Waals surface area contributed by atoms with Crippen molar-refractivity contribution in [1.29, 1.82) is 0 Å². The van der Waals surface area contributed by atoms with Crippen molar-refractivity contribution in [3.05, 3.63) is 35.4 Å². The van der Waals surface area contributed by atoms with Crippen LogP contribution in [0, 0.1) is 5.92 Å². The summed E-state index contributed by atoms with van der Waals surface area (Å²) in [4.78, 5) is 0. The maximum Gasteiger partial charge on any atom is 0.0925 e. The molecule has 21 heavy (non-hydrogen) atoms. The molecule has 2 bridgehead atoms. The molecule has 0 amide bonds. The van der Waals surface area contributed by atoms with Gasteiger partial charge >= 0.3 is 0 Å². The van der Waals surface area contributed by atoms with Gasteiger partial charge in [-0.05, 0) is 49.7 Å². The van der Waals surface area contributed by atoms with Crippen molar-refractivity contribution in [3.8, 4) is 0 Å². The fraction of sp³-hybridized carbons (Fsp3) is 0.684. The fourth-order valence-electron chi connectivity index (χ4n) is 4.62. The Kier molecular flexibility index (Phi) is 3.00. The molecule has 0 radical (unpaired) electrons. The molecule has 114 valence electrons. The normalized spacial score (nSPS) is 41.0. The molecule has 0 saturated carbocycles. The standard InChI is InChI=1S/C19H26O2/c1-13(2)19-11-10-18(3,21-19)17(12-19)20-16-9-8-14-6-4-5-7-15(14)16/h4-7,13,16-17H,8-12H2,1-3H3/t16?,17-,18+,19-/m0/s1. The van der Waals surface area contributed by atoms with Crippen molar-refractivity contribution in [2.24, 2.45) is 5.92 Å². The van der Waals surface area contributed by atoms with Crippen LogP contribution in [-0.2, 0) is 15.9 Å². The van der Waals surface area contributed by atoms with Crippen LogP contribution in [-0.4, -0.2) is 17.3 Å². The van der Waals surface area contributed by atoms with Crippen LogP contribution in [0.5, 0.6) is 0 Å². The fourth-order valence-corrected chi connectivity index (χ4v) is 4.62. The number of benzene rings is 1. The summed E-state index contributed by atoms with van der Waals surface area (Å²) < 4.78 is 13.1. The van der Waals surface area contributed by atoms with Gasteiger partial charge in [-0.2, -0.15) is 0 Å². The molecule has 2 fully saturated rings. The molecule has 4 atom stereocenters. The predicted molar refractivity (Wildman–Crippen MR) is 83.3 cm³/mol. The molecule has 1 aromatic carbocycles. The van der Waals surface area contributed by atoms with Crippen LogP contribution in [0.25, 0.3) is 0 Å². The SMILES string of the molecule is CC(C)[C@@]12CC[C@@](C)(O1)[C@@H](OC1CCc3ccccc31)C2. The molecule has 1 unspecified atom stereocenters. The van der Waals surface area contributed by atoms with E-state index in [1.165, 1.54) is 17.5 Å². The summed E-state index contributed by atoms with van der Waals surface area (Å²) in [6.45, 7) is 6.84. The van der Waals surface area contributed by atoms with Crippen LogP contribution in [0.2, 0.25) is 0 Å². The van der Waals surface area contributed by atoms with E-state index in [0.29, 0.717) is 5.92 Å². The third-order valence-electron chi connectivity index (χ3n) is 6.15. The Balaban J connectivity index is 1.55. The van der Waals surface area contributed by atoms with E-state index in [1.807, 2.05) is 0 Å². The smallest absolute Gasteiger partial charge is 0.0925 e. The van der Waals surface area contributed by atoms with Crippen LogP contribution in [0.1, 0.15) is 63.7 Å². The van der Waals surface area contributed by atoms with Gasteiger partial charge in [-0.3, -0.25) is 0 Å². The first kappa shape index (κ1) is 13.8. The van der Waals surface area contributed by atoms with Crippen LogP contribution < -0.4 is 0 Å². The Morgan fingerprint density at radius 3 is 2.81 bits per heavy atom. The van der Waals surface area contributed by atoms with E-state index in [2.05, 4.69) is 45.0 Å². The molecule has 2 heterocycles. The maximum atomic E-state index is 6.59. The highest BCUT2D eigenvalue weighted by Gasteiger charge is 2.61. The third kappa shape index (κ3) is 1.99. The lowest BCUT2D eigenvalue weighted by Crippen LogP contribution is -2.39. The molecule has 2 saturated heterocycles. The van der Waals surface area contributed by atoms with Crippen LogP contribution >= 0.6 is 0 Å². The maximum absolute atomic E-state index is 6.59. The zero-order chi connectivity index (χ0) is 14.7. The molecule has 1 aromatic rings. The Morgan fingerprint density at radius 1 is 1.24 bits per heavy atom. The Bertz CT molecular complexity index is 552. The average molecular weight is 286 g/mol. The van der Waals surface area contributed by atoms with Crippen molar-refractivity contribution in [2.45, 2.75) is 76.3 Å². The summed E-state index contributed by atoms with van der Waals surface area (Å²) in [5.41, 5.74) is 2.87. The quantitative estimate of drug-likeness (QED) is 0.818. The zero-order valence-electron chi connectivity index (χ0n) is 13.4. The van der Waals surface area contributed by atoms with Gasteiger partial charge in [0.15, 0.2) is 0 Å². The summed E-state index contributed by atoms with van der Waals surface area (Å²) >= 11 is 0. The molecule has 0 N–H and O–H groups in total. The number of hydrogen-bond acceptors (Lipinski definition) is 2. The van der Waals surface area contributed by atoms with E-state index in [0.717, 1.165) is 25.7 Å². The molecule has 2 nitrogen and oxygen atoms in total. The molecule has 0 spiro atoms. The minimum Gasteiger partial charge on any atom is -0.367 e. The summed E-state index contributed by atoms with van der Waals surface area (Å²) in [6.07, 6.45) is 6.22. The average Bonchev–Trinajstić information content (AvgIpc) is 3.10. The first-order valence-electron chi connectivity index (χ1n) is 8.46. The number of hydrogen-bond donors (Lipinski definition) is 0. The summed E-state index contributed by atoms with van der Waals surface area (Å²) in [5, 5.41) is 0. The molecule has 2 heteroatoms. The number of fused-ring (bicyclic) bond motifs is 3. The van der Waals surface area contributed by atoms with Crippen molar-refractivity contribution in [1.82, 2.24) is 0 Å². The largest absolute Gasteiger partial charge is 0.367 e. The molecule has 2 aliphatic heterocycles. The monoisotopic (exact) mass is 286 g/mol. The minimum atomic E-state index is -0.0677. The highest BCUT2D eigenvalue weighted by molar-refractivity contribution is 5.33. The lowest BCUT2D eigenvalue weighted by atomic mass is 9.75. The summed E-state index contributed by atoms with van der Waals surface area (Å²) in [7, 11) is 0. The predicted octanol–water partition coefficient (Wildman–Crippen LogP) is 4.43. The summed E-state index contributed by atoms with van der Waals surface area (Å²) in [5.74, 6) is 0.573. The second-order valence-electron chi connectivity index (χ2n) is 7.69. The first-order chi connectivity index (χ1) is 10.0. The van der Waals surface area contributed by atoms with Crippen LogP contribution in [0.4, 0.5) is 0 Å². The number of aryl methyl sites for hydroxylation is 1. The zero-order valence-corrected chi connectivity index (χ0v) is 13.4. The Hall–Kier alpha value is -0.860. The van der Waals surface area contributed by atoms with Gasteiger partial charge < -0.3 is 9.47 Å². The van der Waals surface area contributed by atoms with Crippen molar-refractivity contribution >= 4 is 0 Å². The third-order valence-corrected chi connectivity index (χ3v) is 6.15. The van der Waals surface area contributed by atoms with E-state index >= 15 is 0 Å². The lowest BCUT2D eigenvalue weighted by molar-refractivity contribution is -0.110. The van der Waals surface area contributed by atoms with Crippen LogP contribution in [0.3, 0.4) is 0 Å². The van der Waals surface area contributed by atoms with Crippen molar-refractivity contribution < 1.29 is 9.47 Å². The van der Waals surface area contributed by atoms with Gasteiger partial charge in [0.25, 0.3) is 0 Å². The Labute approximate surface area is 127 Å². The highest BCUT2D eigenvalue weighted by atomic mass is 16.6. The van der Waals surface area contributed by atoms with Crippen molar-refractivity contribution in [2.75, 3.05) is 0 Å². The van der Waals surface area contributed by atoms with Gasteiger partial charge in [0.1, 0.15) is 0 Å². The molecule has 0 aromatic heterocycles. The highest BCUT2D eigenvalue weighted by Crippen LogP contribution is 2.56. The van der Waals surface area contributed by atoms with Gasteiger partial charge in [-0.1, -0.05) is 38.1 Å². The van der Waals surface area contributed by atoms with E-state index < -0.39 is 0 Å². The molecular weight excluding hydrogens is 260 g/mol. The van der Waals surface area contributed by atoms with E-state index in [-0.39, 0.29) is 23.4 Å². The minimum absolute atomic E-state index is 0.0670. The van der Waals surface area contributed by atoms with Crippen molar-refractivity contribution in [3.63, 3.8) is 0 Å². The molecule has 1 aliphatic carbocycles. The van der Waals surface area contributed by atoms with Gasteiger partial charge in [0.05, 0.1) is 23.4 Å². The van der Waals surface area contributed by atoms with Gasteiger partial charge in [-0.15, -0.1) is 0 Å². The second-order valence-corrected chi connectivity index (χ2v) is 7.69. The topological polar surface area (TPSA) is 18.5 Å². The first-order valence-corrected chi connectivity index (χ1v) is 8.46. The van der Waals surface area contributed by atoms with E-state index in [4.69, 9.17) is 9.47 Å². The lowest BCUT2D eigenvalue weighted by Gasteiger charge is -2.33. The van der Waals surface area contributed by atoms with E-state index in [1.54, 1.807) is 0 Å². The van der Waals surface area contributed by atoms with Gasteiger partial charge in [0.2, 0.25) is 0 Å². The van der Waals surface area contributed by atoms with Gasteiger partial charge in [-0.25, -0.2) is 0 Å². The van der Waals surface area contributed by atoms with Gasteiger partial charge in [0, 0.05) is 6.42 Å². The second kappa shape index (κ2) is 4.57. The molecule has 3 aliphatic rings. The summed E-state index contributed by atoms with van der Waals surface area (Å²) in [6, 6.07) is 8.75. The molecule has 4 rings (SSSR count). The number of rotatable bonds is 3. The van der Waals surface area contributed by atoms with Crippen LogP contribution in [0.15, 0.2) is 24.3 Å². The Morgan fingerprint density at radius 2 is 2.05 bits per heavy atom.